The Balaban J connectivity index is 1.87. The Morgan fingerprint density at radius 3 is 2.92 bits per heavy atom. The fourth-order valence-corrected chi connectivity index (χ4v) is 2.05. The molecule has 1 aliphatic carbocycles. The van der Waals surface area contributed by atoms with Gasteiger partial charge in [0, 0.05) is 12.1 Å². The van der Waals surface area contributed by atoms with E-state index in [1.807, 2.05) is 0 Å². The number of rotatable bonds is 0. The van der Waals surface area contributed by atoms with Crippen molar-refractivity contribution in [2.75, 3.05) is 0 Å². The molecule has 2 atom stereocenters. The highest BCUT2D eigenvalue weighted by Crippen LogP contribution is 2.25. The summed E-state index contributed by atoms with van der Waals surface area (Å²) in [5.41, 5.74) is 2.43. The molecule has 0 spiro atoms. The monoisotopic (exact) mass is 164 g/mol. The summed E-state index contributed by atoms with van der Waals surface area (Å²) in [5.74, 6) is 0. The average molecular weight is 164 g/mol. The van der Waals surface area contributed by atoms with Crippen LogP contribution in [0.5, 0.6) is 0 Å². The molecule has 0 saturated carbocycles. The van der Waals surface area contributed by atoms with E-state index >= 15 is 0 Å². The molecule has 0 amide bonds. The summed E-state index contributed by atoms with van der Waals surface area (Å²) in [5, 5.41) is 14.4. The van der Waals surface area contributed by atoms with Gasteiger partial charge in [0.2, 0.25) is 0 Å². The quantitative estimate of drug-likeness (QED) is 0.531. The van der Waals surface area contributed by atoms with Crippen molar-refractivity contribution in [3.05, 3.63) is 11.4 Å². The summed E-state index contributed by atoms with van der Waals surface area (Å²) < 4.78 is 0. The molecule has 4 nitrogen and oxygen atoms in total. The second kappa shape index (κ2) is 2.29. The second-order valence-electron chi connectivity index (χ2n) is 3.69. The van der Waals surface area contributed by atoms with E-state index in [-0.39, 0.29) is 0 Å². The first kappa shape index (κ1) is 6.60. The summed E-state index contributed by atoms with van der Waals surface area (Å²) in [6.07, 6.45) is 4.65. The lowest BCUT2D eigenvalue weighted by molar-refractivity contribution is 0.687. The Hall–Kier alpha value is -0.900. The molecule has 1 aromatic rings. The SMILES string of the molecule is C1CC2NC2CCc2[nH]nnc21. The third kappa shape index (κ3) is 0.948. The zero-order chi connectivity index (χ0) is 7.97. The van der Waals surface area contributed by atoms with Gasteiger partial charge in [0.25, 0.3) is 0 Å². The summed E-state index contributed by atoms with van der Waals surface area (Å²) in [6, 6.07) is 1.55. The number of fused-ring (bicyclic) bond motifs is 2. The van der Waals surface area contributed by atoms with Gasteiger partial charge in [-0.2, -0.15) is 0 Å². The maximum atomic E-state index is 4.08. The van der Waals surface area contributed by atoms with Gasteiger partial charge in [-0.05, 0) is 25.7 Å². The van der Waals surface area contributed by atoms with E-state index in [4.69, 9.17) is 0 Å². The van der Waals surface area contributed by atoms with Crippen LogP contribution >= 0.6 is 0 Å². The van der Waals surface area contributed by atoms with Gasteiger partial charge in [-0.25, -0.2) is 0 Å². The van der Waals surface area contributed by atoms with Crippen LogP contribution in [0.15, 0.2) is 0 Å². The first-order chi connectivity index (χ1) is 5.93. The zero-order valence-electron chi connectivity index (χ0n) is 6.88. The van der Waals surface area contributed by atoms with Crippen molar-refractivity contribution >= 4 is 0 Å². The van der Waals surface area contributed by atoms with Crippen LogP contribution in [0.25, 0.3) is 0 Å². The molecule has 12 heavy (non-hydrogen) atoms. The number of aromatic nitrogens is 3. The molecule has 1 saturated heterocycles. The molecule has 2 N–H and O–H groups in total. The number of nitrogens with zero attached hydrogens (tertiary/aromatic N) is 2. The van der Waals surface area contributed by atoms with Gasteiger partial charge in [0.1, 0.15) is 0 Å². The van der Waals surface area contributed by atoms with Crippen LogP contribution in [0.2, 0.25) is 0 Å². The highest BCUT2D eigenvalue weighted by molar-refractivity contribution is 5.14. The molecule has 0 aromatic carbocycles. The zero-order valence-corrected chi connectivity index (χ0v) is 6.88. The van der Waals surface area contributed by atoms with Gasteiger partial charge in [-0.1, -0.05) is 5.21 Å². The van der Waals surface area contributed by atoms with Crippen molar-refractivity contribution in [2.24, 2.45) is 0 Å². The maximum Gasteiger partial charge on any atom is 0.0857 e. The Bertz CT molecular complexity index is 267. The number of aryl methyl sites for hydroxylation is 2. The first-order valence-corrected chi connectivity index (χ1v) is 4.58. The lowest BCUT2D eigenvalue weighted by Gasteiger charge is -2.03. The van der Waals surface area contributed by atoms with Gasteiger partial charge >= 0.3 is 0 Å². The lowest BCUT2D eigenvalue weighted by Crippen LogP contribution is -2.05. The number of H-pyrrole nitrogens is 1. The van der Waals surface area contributed by atoms with Crippen LogP contribution < -0.4 is 5.32 Å². The smallest absolute Gasteiger partial charge is 0.0857 e. The molecule has 1 aliphatic heterocycles. The predicted molar refractivity (Wildman–Crippen MR) is 43.7 cm³/mol. The third-order valence-electron chi connectivity index (χ3n) is 2.91. The molecule has 1 aromatic heterocycles. The number of hydrogen-bond acceptors (Lipinski definition) is 3. The minimum atomic E-state index is 0.773. The Morgan fingerprint density at radius 1 is 1.17 bits per heavy atom. The molecule has 4 heteroatoms. The molecule has 64 valence electrons. The summed E-state index contributed by atoms with van der Waals surface area (Å²) in [6.45, 7) is 0. The van der Waals surface area contributed by atoms with Gasteiger partial charge in [-0.3, -0.25) is 5.10 Å². The highest BCUT2D eigenvalue weighted by atomic mass is 15.3. The summed E-state index contributed by atoms with van der Waals surface area (Å²) in [7, 11) is 0. The molecule has 3 rings (SSSR count). The van der Waals surface area contributed by atoms with Crippen molar-refractivity contribution in [1.82, 2.24) is 20.7 Å². The van der Waals surface area contributed by atoms with Crippen LogP contribution in [-0.2, 0) is 12.8 Å². The van der Waals surface area contributed by atoms with Gasteiger partial charge in [0.15, 0.2) is 0 Å². The molecule has 2 aliphatic rings. The van der Waals surface area contributed by atoms with Gasteiger partial charge < -0.3 is 5.32 Å². The van der Waals surface area contributed by atoms with E-state index in [0.29, 0.717) is 0 Å². The minimum absolute atomic E-state index is 0.773. The predicted octanol–water partition coefficient (Wildman–Crippen LogP) is 0.0239. The first-order valence-electron chi connectivity index (χ1n) is 4.58. The van der Waals surface area contributed by atoms with Gasteiger partial charge in [0.05, 0.1) is 11.4 Å². The van der Waals surface area contributed by atoms with Crippen molar-refractivity contribution in [1.29, 1.82) is 0 Å². The van der Waals surface area contributed by atoms with Crippen molar-refractivity contribution < 1.29 is 0 Å². The standard InChI is InChI=1S/C8H12N4/c1-3-7-8(11-12-10-7)4-2-6-5(1)9-6/h5-6,9H,1-4H2,(H,10,11,12). The molecule has 0 radical (unpaired) electrons. The van der Waals surface area contributed by atoms with Crippen LogP contribution in [0.3, 0.4) is 0 Å². The highest BCUT2D eigenvalue weighted by Gasteiger charge is 2.36. The van der Waals surface area contributed by atoms with Crippen molar-refractivity contribution in [2.45, 2.75) is 37.8 Å². The van der Waals surface area contributed by atoms with Crippen molar-refractivity contribution in [3.63, 3.8) is 0 Å². The molecule has 1 fully saturated rings. The Kier molecular flexibility index (Phi) is 1.26. The fraction of sp³-hybridized carbons (Fsp3) is 0.750. The largest absolute Gasteiger partial charge is 0.308 e. The third-order valence-corrected chi connectivity index (χ3v) is 2.91. The topological polar surface area (TPSA) is 63.5 Å². The minimum Gasteiger partial charge on any atom is -0.308 e. The van der Waals surface area contributed by atoms with Gasteiger partial charge in [-0.15, -0.1) is 5.10 Å². The summed E-state index contributed by atoms with van der Waals surface area (Å²) >= 11 is 0. The number of aromatic amines is 1. The molecular weight excluding hydrogens is 152 g/mol. The van der Waals surface area contributed by atoms with Crippen LogP contribution in [0.4, 0.5) is 0 Å². The van der Waals surface area contributed by atoms with E-state index in [1.165, 1.54) is 24.2 Å². The maximum absolute atomic E-state index is 4.08. The van der Waals surface area contributed by atoms with E-state index in [9.17, 15) is 0 Å². The Labute approximate surface area is 70.7 Å². The average Bonchev–Trinajstić information content (AvgIpc) is 2.63. The van der Waals surface area contributed by atoms with E-state index in [2.05, 4.69) is 20.7 Å². The van der Waals surface area contributed by atoms with E-state index in [0.717, 1.165) is 24.9 Å². The van der Waals surface area contributed by atoms with Crippen LogP contribution in [0, 0.1) is 0 Å². The van der Waals surface area contributed by atoms with Crippen LogP contribution in [-0.4, -0.2) is 27.5 Å². The summed E-state index contributed by atoms with van der Waals surface area (Å²) in [4.78, 5) is 0. The normalized spacial score (nSPS) is 33.0. The lowest BCUT2D eigenvalue weighted by atomic mass is 10.0. The fourth-order valence-electron chi connectivity index (χ4n) is 2.05. The molecule has 0 bridgehead atoms. The molecule has 2 unspecified atom stereocenters. The Morgan fingerprint density at radius 2 is 2.00 bits per heavy atom. The van der Waals surface area contributed by atoms with E-state index < -0.39 is 0 Å². The molecular formula is C8H12N4. The number of nitrogens with one attached hydrogen (secondary N) is 2. The molecule has 2 heterocycles. The van der Waals surface area contributed by atoms with Crippen molar-refractivity contribution in [3.8, 4) is 0 Å². The second-order valence-corrected chi connectivity index (χ2v) is 3.69. The van der Waals surface area contributed by atoms with Crippen LogP contribution in [0.1, 0.15) is 24.2 Å². The number of hydrogen-bond donors (Lipinski definition) is 2. The van der Waals surface area contributed by atoms with E-state index in [1.54, 1.807) is 0 Å².